The molecule has 0 atom stereocenters. The van der Waals surface area contributed by atoms with Crippen molar-refractivity contribution in [3.05, 3.63) is 35.4 Å². The monoisotopic (exact) mass is 262 g/mol. The van der Waals surface area contributed by atoms with E-state index in [9.17, 15) is 4.79 Å². The van der Waals surface area contributed by atoms with Crippen molar-refractivity contribution in [2.45, 2.75) is 26.4 Å². The van der Waals surface area contributed by atoms with E-state index in [1.54, 1.807) is 45.0 Å². The predicted octanol–water partition coefficient (Wildman–Crippen LogP) is 1.25. The minimum Gasteiger partial charge on any atom is -0.456 e. The van der Waals surface area contributed by atoms with Gasteiger partial charge in [-0.15, -0.1) is 5.10 Å². The lowest BCUT2D eigenvalue weighted by Gasteiger charge is -2.20. The molecule has 1 aromatic rings. The van der Waals surface area contributed by atoms with E-state index >= 15 is 0 Å². The van der Waals surface area contributed by atoms with Crippen molar-refractivity contribution in [1.82, 2.24) is 0 Å². The number of hydrogen-bond donors (Lipinski definition) is 2. The van der Waals surface area contributed by atoms with Gasteiger partial charge >= 0.3 is 5.97 Å². The first-order chi connectivity index (χ1) is 8.79. The number of ether oxygens (including phenoxy) is 1. The maximum absolute atomic E-state index is 12.0. The standard InChI is InChI=1S/C13H18N4O2/c1-13(2,3)19-11(18)10-7-5-4-6-9(10)8-16-17-12(14)15/h4-8H,1-3H3,(H4,14,15,17). The molecule has 19 heavy (non-hydrogen) atoms. The Morgan fingerprint density at radius 3 is 2.47 bits per heavy atom. The number of rotatable bonds is 3. The van der Waals surface area contributed by atoms with Crippen LogP contribution in [0.4, 0.5) is 0 Å². The summed E-state index contributed by atoms with van der Waals surface area (Å²) in [5, 5.41) is 7.17. The van der Waals surface area contributed by atoms with E-state index in [0.717, 1.165) is 0 Å². The van der Waals surface area contributed by atoms with Crippen molar-refractivity contribution < 1.29 is 9.53 Å². The maximum Gasteiger partial charge on any atom is 0.339 e. The third kappa shape index (κ3) is 5.20. The van der Waals surface area contributed by atoms with Gasteiger partial charge in [0.15, 0.2) is 0 Å². The molecule has 102 valence electrons. The van der Waals surface area contributed by atoms with E-state index in [1.807, 2.05) is 0 Å². The van der Waals surface area contributed by atoms with Crippen molar-refractivity contribution >= 4 is 18.1 Å². The quantitative estimate of drug-likeness (QED) is 0.370. The van der Waals surface area contributed by atoms with Crippen LogP contribution in [-0.2, 0) is 4.74 Å². The fourth-order valence-electron chi connectivity index (χ4n) is 1.29. The molecule has 4 N–H and O–H groups in total. The summed E-state index contributed by atoms with van der Waals surface area (Å²) in [6, 6.07) is 6.91. The molecule has 0 amide bonds. The topological polar surface area (TPSA) is 103 Å². The van der Waals surface area contributed by atoms with Crippen LogP contribution in [0.25, 0.3) is 0 Å². The van der Waals surface area contributed by atoms with Crippen LogP contribution in [0.15, 0.2) is 34.5 Å². The van der Waals surface area contributed by atoms with Crippen LogP contribution in [0.1, 0.15) is 36.7 Å². The van der Waals surface area contributed by atoms with Gasteiger partial charge in [0, 0.05) is 5.56 Å². The molecular formula is C13H18N4O2. The van der Waals surface area contributed by atoms with E-state index in [-0.39, 0.29) is 5.96 Å². The Morgan fingerprint density at radius 2 is 1.89 bits per heavy atom. The molecule has 1 aromatic carbocycles. The van der Waals surface area contributed by atoms with Crippen LogP contribution in [0.3, 0.4) is 0 Å². The number of esters is 1. The zero-order chi connectivity index (χ0) is 14.5. The number of hydrogen-bond acceptors (Lipinski definition) is 4. The zero-order valence-electron chi connectivity index (χ0n) is 11.3. The lowest BCUT2D eigenvalue weighted by Crippen LogP contribution is -2.24. The van der Waals surface area contributed by atoms with Gasteiger partial charge in [0.1, 0.15) is 5.60 Å². The van der Waals surface area contributed by atoms with Crippen LogP contribution in [0.2, 0.25) is 0 Å². The van der Waals surface area contributed by atoms with Crippen molar-refractivity contribution in [2.24, 2.45) is 21.7 Å². The highest BCUT2D eigenvalue weighted by Crippen LogP contribution is 2.14. The molecule has 0 saturated carbocycles. The Labute approximate surface area is 112 Å². The number of nitrogens with zero attached hydrogens (tertiary/aromatic N) is 2. The molecule has 0 aliphatic carbocycles. The van der Waals surface area contributed by atoms with Crippen molar-refractivity contribution in [1.29, 1.82) is 0 Å². The second kappa shape index (κ2) is 5.99. The summed E-state index contributed by atoms with van der Waals surface area (Å²) >= 11 is 0. The molecular weight excluding hydrogens is 244 g/mol. The fraction of sp³-hybridized carbons (Fsp3) is 0.308. The van der Waals surface area contributed by atoms with Gasteiger partial charge in [-0.2, -0.15) is 5.10 Å². The average Bonchev–Trinajstić information content (AvgIpc) is 2.26. The minimum absolute atomic E-state index is 0.147. The fourth-order valence-corrected chi connectivity index (χ4v) is 1.29. The Hall–Kier alpha value is -2.37. The molecule has 0 spiro atoms. The van der Waals surface area contributed by atoms with E-state index in [0.29, 0.717) is 11.1 Å². The first-order valence-electron chi connectivity index (χ1n) is 5.74. The number of guanidine groups is 1. The number of carbonyl (C=O) groups is 1. The van der Waals surface area contributed by atoms with Crippen LogP contribution in [-0.4, -0.2) is 23.7 Å². The Bertz CT molecular complexity index is 512. The lowest BCUT2D eigenvalue weighted by atomic mass is 10.1. The average molecular weight is 262 g/mol. The molecule has 0 heterocycles. The number of carbonyl (C=O) groups excluding carboxylic acids is 1. The molecule has 0 saturated heterocycles. The van der Waals surface area contributed by atoms with Crippen molar-refractivity contribution in [3.63, 3.8) is 0 Å². The van der Waals surface area contributed by atoms with Gasteiger partial charge in [0.05, 0.1) is 11.8 Å². The highest BCUT2D eigenvalue weighted by atomic mass is 16.6. The van der Waals surface area contributed by atoms with E-state index < -0.39 is 11.6 Å². The molecule has 0 bridgehead atoms. The molecule has 0 aliphatic rings. The second-order valence-corrected chi connectivity index (χ2v) is 4.86. The Balaban J connectivity index is 2.99. The molecule has 0 aliphatic heterocycles. The molecule has 0 aromatic heterocycles. The van der Waals surface area contributed by atoms with E-state index in [4.69, 9.17) is 16.2 Å². The van der Waals surface area contributed by atoms with Gasteiger partial charge in [-0.3, -0.25) is 0 Å². The normalized spacial score (nSPS) is 11.3. The summed E-state index contributed by atoms with van der Waals surface area (Å²) in [7, 11) is 0. The van der Waals surface area contributed by atoms with E-state index in [2.05, 4.69) is 10.2 Å². The smallest absolute Gasteiger partial charge is 0.339 e. The van der Waals surface area contributed by atoms with Gasteiger partial charge < -0.3 is 16.2 Å². The lowest BCUT2D eigenvalue weighted by molar-refractivity contribution is 0.00694. The first-order valence-corrected chi connectivity index (χ1v) is 5.74. The summed E-state index contributed by atoms with van der Waals surface area (Å²) in [5.74, 6) is -0.565. The summed E-state index contributed by atoms with van der Waals surface area (Å²) in [6.07, 6.45) is 1.40. The minimum atomic E-state index is -0.554. The van der Waals surface area contributed by atoms with Crippen LogP contribution in [0.5, 0.6) is 0 Å². The molecule has 0 unspecified atom stereocenters. The third-order valence-electron chi connectivity index (χ3n) is 1.95. The van der Waals surface area contributed by atoms with Crippen LogP contribution < -0.4 is 11.5 Å². The summed E-state index contributed by atoms with van der Waals surface area (Å²) in [5.41, 5.74) is 10.8. The number of nitrogens with two attached hydrogens (primary N) is 2. The van der Waals surface area contributed by atoms with Gasteiger partial charge in [0.2, 0.25) is 5.96 Å². The molecule has 0 fully saturated rings. The van der Waals surface area contributed by atoms with E-state index in [1.165, 1.54) is 6.21 Å². The van der Waals surface area contributed by atoms with Gasteiger partial charge in [-0.1, -0.05) is 18.2 Å². The van der Waals surface area contributed by atoms with Crippen LogP contribution in [0, 0.1) is 0 Å². The Morgan fingerprint density at radius 1 is 1.26 bits per heavy atom. The third-order valence-corrected chi connectivity index (χ3v) is 1.95. The highest BCUT2D eigenvalue weighted by molar-refractivity contribution is 5.99. The van der Waals surface area contributed by atoms with Crippen LogP contribution >= 0.6 is 0 Å². The maximum atomic E-state index is 12.0. The molecule has 0 radical (unpaired) electrons. The summed E-state index contributed by atoms with van der Waals surface area (Å²) < 4.78 is 5.31. The molecule has 6 heteroatoms. The van der Waals surface area contributed by atoms with Crippen molar-refractivity contribution in [2.75, 3.05) is 0 Å². The Kier molecular flexibility index (Phi) is 4.63. The summed E-state index contributed by atoms with van der Waals surface area (Å²) in [6.45, 7) is 5.42. The SMILES string of the molecule is CC(C)(C)OC(=O)c1ccccc1C=NN=C(N)N. The largest absolute Gasteiger partial charge is 0.456 e. The van der Waals surface area contributed by atoms with Gasteiger partial charge in [0.25, 0.3) is 0 Å². The van der Waals surface area contributed by atoms with Gasteiger partial charge in [-0.05, 0) is 26.8 Å². The highest BCUT2D eigenvalue weighted by Gasteiger charge is 2.19. The first kappa shape index (κ1) is 14.7. The summed E-state index contributed by atoms with van der Waals surface area (Å²) in [4.78, 5) is 12.0. The second-order valence-electron chi connectivity index (χ2n) is 4.86. The molecule has 6 nitrogen and oxygen atoms in total. The van der Waals surface area contributed by atoms with Gasteiger partial charge in [-0.25, -0.2) is 4.79 Å². The van der Waals surface area contributed by atoms with Crippen molar-refractivity contribution in [3.8, 4) is 0 Å². The zero-order valence-corrected chi connectivity index (χ0v) is 11.3. The molecule has 1 rings (SSSR count). The number of benzene rings is 1. The predicted molar refractivity (Wildman–Crippen MR) is 75.0 cm³/mol.